The molecule has 0 spiro atoms. The molecule has 0 bridgehead atoms. The molecule has 0 aliphatic carbocycles. The Balaban J connectivity index is 1.67. The topological polar surface area (TPSA) is 111 Å². The largest absolute Gasteiger partial charge is 0.468 e. The van der Waals surface area contributed by atoms with E-state index in [9.17, 15) is 9.59 Å². The third kappa shape index (κ3) is 4.96. The second kappa shape index (κ2) is 7.83. The molecule has 0 aromatic carbocycles. The van der Waals surface area contributed by atoms with Gasteiger partial charge in [-0.25, -0.2) is 14.8 Å². The quantitative estimate of drug-likeness (QED) is 0.790. The second-order valence-electron chi connectivity index (χ2n) is 7.45. The number of hydrogen-bond acceptors (Lipinski definition) is 8. The fraction of sp³-hybridized carbons (Fsp3) is 0.500. The molecule has 1 amide bonds. The molecule has 2 aromatic heterocycles. The van der Waals surface area contributed by atoms with Gasteiger partial charge in [-0.05, 0) is 32.8 Å². The van der Waals surface area contributed by atoms with Gasteiger partial charge in [0.05, 0.1) is 31.2 Å². The zero-order valence-corrected chi connectivity index (χ0v) is 16.4. The van der Waals surface area contributed by atoms with Crippen LogP contribution in [0.3, 0.4) is 0 Å². The smallest absolute Gasteiger partial charge is 0.410 e. The van der Waals surface area contributed by atoms with E-state index in [0.29, 0.717) is 31.1 Å². The van der Waals surface area contributed by atoms with E-state index in [0.717, 1.165) is 11.3 Å². The monoisotopic (exact) mass is 388 g/mol. The summed E-state index contributed by atoms with van der Waals surface area (Å²) >= 11 is 0. The standard InChI is InChI=1S/C18H24N6O4/c1-18(2,3)28-17(26)23-6-5-12-7-19-16(22-14(12)10-23)21-13-8-20-24(9-13)11-15(25)27-4/h7-9H,5-6,10-11H2,1-4H3,(H,19,21,22). The molecule has 28 heavy (non-hydrogen) atoms. The van der Waals surface area contributed by atoms with Crippen molar-refractivity contribution >= 4 is 23.7 Å². The molecular formula is C18H24N6O4. The predicted molar refractivity (Wildman–Crippen MR) is 99.9 cm³/mol. The van der Waals surface area contributed by atoms with Gasteiger partial charge in [0.2, 0.25) is 5.95 Å². The van der Waals surface area contributed by atoms with Crippen molar-refractivity contribution in [1.82, 2.24) is 24.6 Å². The van der Waals surface area contributed by atoms with Crippen LogP contribution in [0, 0.1) is 0 Å². The summed E-state index contributed by atoms with van der Waals surface area (Å²) in [6.07, 6.45) is 5.31. The lowest BCUT2D eigenvalue weighted by Crippen LogP contribution is -2.40. The first-order valence-electron chi connectivity index (χ1n) is 8.92. The van der Waals surface area contributed by atoms with Crippen LogP contribution in [0.25, 0.3) is 0 Å². The van der Waals surface area contributed by atoms with Crippen molar-refractivity contribution in [2.75, 3.05) is 19.0 Å². The average Bonchev–Trinajstić information content (AvgIpc) is 3.06. The number of fused-ring (bicyclic) bond motifs is 1. The van der Waals surface area contributed by atoms with Gasteiger partial charge in [0.25, 0.3) is 0 Å². The Labute approximate surface area is 162 Å². The van der Waals surface area contributed by atoms with Gasteiger partial charge < -0.3 is 19.7 Å². The summed E-state index contributed by atoms with van der Waals surface area (Å²) in [6, 6.07) is 0. The van der Waals surface area contributed by atoms with Crippen LogP contribution in [0.4, 0.5) is 16.4 Å². The van der Waals surface area contributed by atoms with Crippen LogP contribution in [-0.2, 0) is 33.8 Å². The van der Waals surface area contributed by atoms with Gasteiger partial charge >= 0.3 is 12.1 Å². The molecule has 10 nitrogen and oxygen atoms in total. The zero-order valence-electron chi connectivity index (χ0n) is 16.4. The minimum atomic E-state index is -0.542. The summed E-state index contributed by atoms with van der Waals surface area (Å²) in [5, 5.41) is 7.14. The second-order valence-corrected chi connectivity index (χ2v) is 7.45. The number of methoxy groups -OCH3 is 1. The number of ether oxygens (including phenoxy) is 2. The van der Waals surface area contributed by atoms with Crippen LogP contribution >= 0.6 is 0 Å². The number of hydrogen-bond donors (Lipinski definition) is 1. The van der Waals surface area contributed by atoms with Crippen LogP contribution in [-0.4, -0.2) is 56.0 Å². The lowest BCUT2D eigenvalue weighted by molar-refractivity contribution is -0.141. The first-order chi connectivity index (χ1) is 13.2. The Hall–Kier alpha value is -3.17. The molecule has 3 heterocycles. The van der Waals surface area contributed by atoms with Crippen molar-refractivity contribution in [1.29, 1.82) is 0 Å². The molecule has 0 atom stereocenters. The van der Waals surface area contributed by atoms with E-state index in [1.165, 1.54) is 11.8 Å². The molecule has 1 N–H and O–H groups in total. The molecule has 3 rings (SSSR count). The number of aromatic nitrogens is 4. The third-order valence-corrected chi connectivity index (χ3v) is 4.01. The van der Waals surface area contributed by atoms with E-state index in [2.05, 4.69) is 25.1 Å². The molecule has 0 saturated heterocycles. The minimum Gasteiger partial charge on any atom is -0.468 e. The van der Waals surface area contributed by atoms with Crippen LogP contribution < -0.4 is 5.32 Å². The summed E-state index contributed by atoms with van der Waals surface area (Å²) in [5.41, 5.74) is 1.88. The van der Waals surface area contributed by atoms with Gasteiger partial charge in [-0.3, -0.25) is 9.48 Å². The highest BCUT2D eigenvalue weighted by atomic mass is 16.6. The van der Waals surface area contributed by atoms with Crippen molar-refractivity contribution < 1.29 is 19.1 Å². The number of amides is 1. The van der Waals surface area contributed by atoms with Gasteiger partial charge in [-0.15, -0.1) is 0 Å². The maximum absolute atomic E-state index is 12.3. The van der Waals surface area contributed by atoms with Gasteiger partial charge in [-0.2, -0.15) is 5.10 Å². The van der Waals surface area contributed by atoms with Gasteiger partial charge in [0.1, 0.15) is 12.1 Å². The van der Waals surface area contributed by atoms with Crippen molar-refractivity contribution in [3.05, 3.63) is 29.8 Å². The Morgan fingerprint density at radius 3 is 2.79 bits per heavy atom. The molecule has 10 heteroatoms. The van der Waals surface area contributed by atoms with Crippen LogP contribution in [0.1, 0.15) is 32.0 Å². The Kier molecular flexibility index (Phi) is 5.48. The first kappa shape index (κ1) is 19.6. The SMILES string of the molecule is COC(=O)Cn1cc(Nc2ncc3c(n2)CN(C(=O)OC(C)(C)C)CC3)cn1. The lowest BCUT2D eigenvalue weighted by Gasteiger charge is -2.30. The number of esters is 1. The predicted octanol–water partition coefficient (Wildman–Crippen LogP) is 1.88. The molecule has 0 saturated carbocycles. The fourth-order valence-electron chi connectivity index (χ4n) is 2.69. The normalized spacial score (nSPS) is 13.6. The van der Waals surface area contributed by atoms with Gasteiger partial charge in [0, 0.05) is 18.9 Å². The number of nitrogens with zero attached hydrogens (tertiary/aromatic N) is 5. The molecule has 0 fully saturated rings. The third-order valence-electron chi connectivity index (χ3n) is 4.01. The van der Waals surface area contributed by atoms with Gasteiger partial charge in [-0.1, -0.05) is 0 Å². The van der Waals surface area contributed by atoms with E-state index < -0.39 is 5.60 Å². The summed E-state index contributed by atoms with van der Waals surface area (Å²) in [4.78, 5) is 34.1. The maximum Gasteiger partial charge on any atom is 0.410 e. The Morgan fingerprint density at radius 1 is 1.29 bits per heavy atom. The summed E-state index contributed by atoms with van der Waals surface area (Å²) in [6.45, 7) is 6.48. The highest BCUT2D eigenvalue weighted by molar-refractivity contribution is 5.69. The summed E-state index contributed by atoms with van der Waals surface area (Å²) in [5.74, 6) is 0.00400. The van der Waals surface area contributed by atoms with E-state index in [4.69, 9.17) is 4.74 Å². The van der Waals surface area contributed by atoms with Crippen molar-refractivity contribution in [3.63, 3.8) is 0 Å². The maximum atomic E-state index is 12.3. The van der Waals surface area contributed by atoms with Crippen molar-refractivity contribution in [2.45, 2.75) is 45.9 Å². The molecule has 150 valence electrons. The van der Waals surface area contributed by atoms with E-state index in [-0.39, 0.29) is 18.6 Å². The summed E-state index contributed by atoms with van der Waals surface area (Å²) in [7, 11) is 1.33. The number of anilines is 2. The van der Waals surface area contributed by atoms with Gasteiger partial charge in [0.15, 0.2) is 0 Å². The summed E-state index contributed by atoms with van der Waals surface area (Å²) < 4.78 is 11.5. The molecule has 2 aromatic rings. The first-order valence-corrected chi connectivity index (χ1v) is 8.92. The van der Waals surface area contributed by atoms with E-state index in [1.54, 1.807) is 23.5 Å². The van der Waals surface area contributed by atoms with Crippen LogP contribution in [0.5, 0.6) is 0 Å². The minimum absolute atomic E-state index is 0.0219. The average molecular weight is 388 g/mol. The van der Waals surface area contributed by atoms with Crippen molar-refractivity contribution in [2.24, 2.45) is 0 Å². The van der Waals surface area contributed by atoms with Crippen LogP contribution in [0.15, 0.2) is 18.6 Å². The molecule has 0 unspecified atom stereocenters. The fourth-order valence-corrected chi connectivity index (χ4v) is 2.69. The zero-order chi connectivity index (χ0) is 20.3. The number of nitrogens with one attached hydrogen (secondary N) is 1. The highest BCUT2D eigenvalue weighted by Gasteiger charge is 2.26. The van der Waals surface area contributed by atoms with E-state index in [1.807, 2.05) is 20.8 Å². The molecular weight excluding hydrogens is 364 g/mol. The lowest BCUT2D eigenvalue weighted by atomic mass is 10.1. The molecule has 0 radical (unpaired) electrons. The van der Waals surface area contributed by atoms with Crippen LogP contribution in [0.2, 0.25) is 0 Å². The molecule has 1 aliphatic rings. The van der Waals surface area contributed by atoms with Crippen molar-refractivity contribution in [3.8, 4) is 0 Å². The Bertz CT molecular complexity index is 873. The Morgan fingerprint density at radius 2 is 2.07 bits per heavy atom. The number of carbonyl (C=O) groups is 2. The number of rotatable bonds is 4. The highest BCUT2D eigenvalue weighted by Crippen LogP contribution is 2.21. The van der Waals surface area contributed by atoms with E-state index >= 15 is 0 Å². The molecule has 1 aliphatic heterocycles. The number of carbonyl (C=O) groups excluding carboxylic acids is 2.